The van der Waals surface area contributed by atoms with Crippen LogP contribution in [-0.4, -0.2) is 10.2 Å². The van der Waals surface area contributed by atoms with E-state index >= 15 is 0 Å². The predicted octanol–water partition coefficient (Wildman–Crippen LogP) is 7.48. The fourth-order valence-electron chi connectivity index (χ4n) is 5.99. The topological polar surface area (TPSA) is 69.1 Å². The molecular weight excluding hydrogens is 442 g/mol. The molecule has 0 saturated carbocycles. The molecule has 0 saturated heterocycles. The maximum absolute atomic E-state index is 14.0. The van der Waals surface area contributed by atoms with Gasteiger partial charge in [0.1, 0.15) is 0 Å². The number of benzene rings is 4. The number of nitriles is 2. The third-order valence-electron chi connectivity index (χ3n) is 7.56. The second-order valence-electron chi connectivity index (χ2n) is 9.59. The van der Waals surface area contributed by atoms with Crippen LogP contribution in [0.1, 0.15) is 65.9 Å². The Hall–Kier alpha value is -4.67. The highest BCUT2D eigenvalue weighted by molar-refractivity contribution is 6.32. The van der Waals surface area contributed by atoms with Crippen LogP contribution in [0.2, 0.25) is 0 Å². The fourth-order valence-corrected chi connectivity index (χ4v) is 5.99. The Morgan fingerprint density at radius 2 is 1.36 bits per heavy atom. The largest absolute Gasteiger partial charge is 0.308 e. The molecule has 1 aliphatic rings. The van der Waals surface area contributed by atoms with Crippen molar-refractivity contribution in [3.05, 3.63) is 100 Å². The van der Waals surface area contributed by atoms with Gasteiger partial charge < -0.3 is 4.40 Å². The molecule has 172 valence electrons. The average Bonchev–Trinajstić information content (AvgIpc) is 3.43. The molecule has 0 bridgehead atoms. The first-order valence-corrected chi connectivity index (χ1v) is 12.2. The number of aromatic nitrogens is 1. The third kappa shape index (κ3) is 2.54. The number of hydrogen-bond donors (Lipinski definition) is 0. The van der Waals surface area contributed by atoms with E-state index in [0.717, 1.165) is 60.3 Å². The van der Waals surface area contributed by atoms with Crippen LogP contribution in [0.3, 0.4) is 0 Å². The van der Waals surface area contributed by atoms with Crippen LogP contribution in [0, 0.1) is 22.7 Å². The molecule has 0 atom stereocenters. The van der Waals surface area contributed by atoms with E-state index in [9.17, 15) is 15.3 Å². The molecule has 0 radical (unpaired) electrons. The van der Waals surface area contributed by atoms with Gasteiger partial charge in [0.2, 0.25) is 0 Å². The van der Waals surface area contributed by atoms with E-state index in [-0.39, 0.29) is 11.2 Å². The first kappa shape index (κ1) is 21.8. The molecule has 0 aliphatic heterocycles. The Morgan fingerprint density at radius 1 is 0.750 bits per heavy atom. The standard InChI is InChI=1S/C30H17N3O.C2H6/c1-30(2)22-6-4-3-5-19(22)29(34)27-23(30)13-21-18-9-7-16(14-31)11-24(18)33-25-12-17(15-32)8-10-20(25)26(27)28(21)33;1-2/h3-13H,1-2H3;1-2H3. The predicted molar refractivity (Wildman–Crippen MR) is 144 cm³/mol. The second-order valence-corrected chi connectivity index (χ2v) is 9.59. The Morgan fingerprint density at radius 3 is 2.03 bits per heavy atom. The van der Waals surface area contributed by atoms with Gasteiger partial charge in [-0.1, -0.05) is 64.1 Å². The summed E-state index contributed by atoms with van der Waals surface area (Å²) in [6.45, 7) is 8.36. The summed E-state index contributed by atoms with van der Waals surface area (Å²) < 4.78 is 2.12. The Bertz CT molecular complexity index is 1980. The highest BCUT2D eigenvalue weighted by Crippen LogP contribution is 2.49. The number of fused-ring (bicyclic) bond motifs is 9. The molecule has 1 aliphatic carbocycles. The first-order chi connectivity index (χ1) is 17.5. The Labute approximate surface area is 208 Å². The number of hydrogen-bond acceptors (Lipinski definition) is 3. The van der Waals surface area contributed by atoms with E-state index in [4.69, 9.17) is 0 Å². The summed E-state index contributed by atoms with van der Waals surface area (Å²) in [4.78, 5) is 14.0. The minimum Gasteiger partial charge on any atom is -0.308 e. The second kappa shape index (κ2) is 7.41. The van der Waals surface area contributed by atoms with Crippen LogP contribution in [-0.2, 0) is 5.41 Å². The van der Waals surface area contributed by atoms with Gasteiger partial charge in [-0.25, -0.2) is 0 Å². The lowest BCUT2D eigenvalue weighted by molar-refractivity contribution is 0.103. The van der Waals surface area contributed by atoms with E-state index < -0.39 is 0 Å². The zero-order valence-corrected chi connectivity index (χ0v) is 20.6. The molecule has 4 heteroatoms. The summed E-state index contributed by atoms with van der Waals surface area (Å²) in [5.41, 5.74) is 7.06. The van der Waals surface area contributed by atoms with Crippen LogP contribution < -0.4 is 0 Å². The number of carbonyl (C=O) groups is 1. The van der Waals surface area contributed by atoms with E-state index in [1.54, 1.807) is 0 Å². The lowest BCUT2D eigenvalue weighted by Crippen LogP contribution is -2.30. The molecule has 2 heterocycles. The van der Waals surface area contributed by atoms with Crippen molar-refractivity contribution in [1.82, 2.24) is 4.40 Å². The summed E-state index contributed by atoms with van der Waals surface area (Å²) in [5, 5.41) is 23.1. The molecule has 4 nitrogen and oxygen atoms in total. The van der Waals surface area contributed by atoms with Gasteiger partial charge in [0, 0.05) is 38.1 Å². The van der Waals surface area contributed by atoms with E-state index in [1.807, 2.05) is 68.4 Å². The van der Waals surface area contributed by atoms with Gasteiger partial charge in [-0.15, -0.1) is 0 Å². The lowest BCUT2D eigenvalue weighted by atomic mass is 9.67. The van der Waals surface area contributed by atoms with Crippen molar-refractivity contribution in [2.45, 2.75) is 33.1 Å². The quantitative estimate of drug-likeness (QED) is 0.233. The number of rotatable bonds is 0. The van der Waals surface area contributed by atoms with Gasteiger partial charge in [-0.3, -0.25) is 4.79 Å². The van der Waals surface area contributed by atoms with E-state index in [0.29, 0.717) is 11.1 Å². The van der Waals surface area contributed by atoms with Gasteiger partial charge in [0.05, 0.1) is 39.8 Å². The van der Waals surface area contributed by atoms with E-state index in [1.165, 1.54) is 0 Å². The van der Waals surface area contributed by atoms with Crippen molar-refractivity contribution in [2.75, 3.05) is 0 Å². The Balaban J connectivity index is 0.00000117. The molecule has 0 N–H and O–H groups in total. The minimum absolute atomic E-state index is 0.0357. The summed E-state index contributed by atoms with van der Waals surface area (Å²) in [5.74, 6) is 0.0357. The monoisotopic (exact) mass is 465 g/mol. The SMILES string of the molecule is CC.CC1(C)c2ccccc2C(=O)c2c1cc1c3ccc(C#N)cc3n3c4cc(C#N)ccc4c2c13. The van der Waals surface area contributed by atoms with Gasteiger partial charge in [0.25, 0.3) is 0 Å². The van der Waals surface area contributed by atoms with Crippen molar-refractivity contribution < 1.29 is 4.79 Å². The summed E-state index contributed by atoms with van der Waals surface area (Å²) >= 11 is 0. The van der Waals surface area contributed by atoms with Crippen LogP contribution in [0.25, 0.3) is 38.1 Å². The van der Waals surface area contributed by atoms with Crippen LogP contribution >= 0.6 is 0 Å². The van der Waals surface area contributed by atoms with Crippen molar-refractivity contribution >= 4 is 43.9 Å². The molecule has 7 rings (SSSR count). The molecule has 0 unspecified atom stereocenters. The van der Waals surface area contributed by atoms with Crippen molar-refractivity contribution in [3.8, 4) is 12.1 Å². The Kier molecular flexibility index (Phi) is 4.50. The highest BCUT2D eigenvalue weighted by atomic mass is 16.1. The van der Waals surface area contributed by atoms with E-state index in [2.05, 4.69) is 42.5 Å². The number of ketones is 1. The maximum atomic E-state index is 14.0. The molecule has 36 heavy (non-hydrogen) atoms. The number of nitrogens with zero attached hydrogens (tertiary/aromatic N) is 3. The zero-order valence-electron chi connectivity index (χ0n) is 20.6. The smallest absolute Gasteiger partial charge is 0.194 e. The molecular formula is C32H23N3O. The summed E-state index contributed by atoms with van der Waals surface area (Å²) in [7, 11) is 0. The number of carbonyl (C=O) groups excluding carboxylic acids is 1. The van der Waals surface area contributed by atoms with Crippen molar-refractivity contribution in [3.63, 3.8) is 0 Å². The molecule has 0 fully saturated rings. The van der Waals surface area contributed by atoms with Gasteiger partial charge in [0.15, 0.2) is 5.78 Å². The summed E-state index contributed by atoms with van der Waals surface area (Å²) in [6.07, 6.45) is 0. The highest BCUT2D eigenvalue weighted by Gasteiger charge is 2.39. The normalized spacial score (nSPS) is 13.8. The minimum atomic E-state index is -0.360. The zero-order chi connectivity index (χ0) is 25.4. The molecule has 6 aromatic rings. The third-order valence-corrected chi connectivity index (χ3v) is 7.56. The van der Waals surface area contributed by atoms with Gasteiger partial charge in [-0.05, 0) is 41.5 Å². The molecule has 2 aromatic heterocycles. The fraction of sp³-hybridized carbons (Fsp3) is 0.156. The molecule has 4 aromatic carbocycles. The van der Waals surface area contributed by atoms with Crippen molar-refractivity contribution in [1.29, 1.82) is 10.5 Å². The molecule has 0 spiro atoms. The first-order valence-electron chi connectivity index (χ1n) is 12.2. The van der Waals surface area contributed by atoms with Gasteiger partial charge >= 0.3 is 0 Å². The lowest BCUT2D eigenvalue weighted by Gasteiger charge is -2.34. The van der Waals surface area contributed by atoms with Crippen molar-refractivity contribution in [2.24, 2.45) is 0 Å². The van der Waals surface area contributed by atoms with Crippen LogP contribution in [0.5, 0.6) is 0 Å². The maximum Gasteiger partial charge on any atom is 0.194 e. The average molecular weight is 466 g/mol. The van der Waals surface area contributed by atoms with Crippen LogP contribution in [0.4, 0.5) is 0 Å². The van der Waals surface area contributed by atoms with Gasteiger partial charge in [-0.2, -0.15) is 10.5 Å². The summed E-state index contributed by atoms with van der Waals surface area (Å²) in [6, 6.07) is 25.9. The molecule has 0 amide bonds. The van der Waals surface area contributed by atoms with Crippen LogP contribution in [0.15, 0.2) is 66.7 Å².